The number of nitro groups is 1. The molecule has 9 heteroatoms. The molecule has 26 heavy (non-hydrogen) atoms. The molecular formula is C17H16FN3O5. The number of nitrogens with zero attached hydrogens (tertiary/aromatic N) is 1. The zero-order chi connectivity index (χ0) is 19.4. The molecular weight excluding hydrogens is 345 g/mol. The highest BCUT2D eigenvalue weighted by molar-refractivity contribution is 5.99. The summed E-state index contributed by atoms with van der Waals surface area (Å²) in [5.74, 6) is -2.16. The number of carbonyl (C=O) groups excluding carboxylic acids is 2. The third-order valence-corrected chi connectivity index (χ3v) is 3.56. The molecule has 0 bridgehead atoms. The highest BCUT2D eigenvalue weighted by atomic mass is 19.1. The number of nitrogen functional groups attached to an aromatic ring is 1. The van der Waals surface area contributed by atoms with Gasteiger partial charge in [0.15, 0.2) is 6.10 Å². The van der Waals surface area contributed by atoms with Crippen molar-refractivity contribution in [2.45, 2.75) is 20.0 Å². The number of halogens is 1. The number of aryl methyl sites for hydroxylation is 1. The summed E-state index contributed by atoms with van der Waals surface area (Å²) in [4.78, 5) is 34.3. The fourth-order valence-corrected chi connectivity index (χ4v) is 2.03. The molecule has 2 rings (SSSR count). The van der Waals surface area contributed by atoms with Gasteiger partial charge >= 0.3 is 5.97 Å². The number of carbonyl (C=O) groups is 2. The maximum atomic E-state index is 13.5. The summed E-state index contributed by atoms with van der Waals surface area (Å²) in [5.41, 5.74) is 5.68. The average molecular weight is 361 g/mol. The molecule has 0 aliphatic rings. The van der Waals surface area contributed by atoms with E-state index in [0.29, 0.717) is 5.56 Å². The summed E-state index contributed by atoms with van der Waals surface area (Å²) in [6, 6.07) is 7.45. The number of amides is 1. The lowest BCUT2D eigenvalue weighted by molar-refractivity contribution is -0.384. The van der Waals surface area contributed by atoms with E-state index in [1.54, 1.807) is 6.92 Å². The normalized spacial score (nSPS) is 11.5. The van der Waals surface area contributed by atoms with Gasteiger partial charge in [-0.2, -0.15) is 0 Å². The number of esters is 1. The van der Waals surface area contributed by atoms with Crippen molar-refractivity contribution in [3.05, 3.63) is 63.5 Å². The Bertz CT molecular complexity index is 885. The van der Waals surface area contributed by atoms with Crippen LogP contribution in [0.3, 0.4) is 0 Å². The van der Waals surface area contributed by atoms with Crippen molar-refractivity contribution in [2.24, 2.45) is 0 Å². The van der Waals surface area contributed by atoms with Crippen LogP contribution >= 0.6 is 0 Å². The summed E-state index contributed by atoms with van der Waals surface area (Å²) >= 11 is 0. The Balaban J connectivity index is 2.08. The number of benzene rings is 2. The van der Waals surface area contributed by atoms with Gasteiger partial charge in [-0.05, 0) is 37.6 Å². The average Bonchev–Trinajstić information content (AvgIpc) is 2.58. The molecule has 0 saturated heterocycles. The van der Waals surface area contributed by atoms with Gasteiger partial charge in [-0.15, -0.1) is 0 Å². The van der Waals surface area contributed by atoms with E-state index in [2.05, 4.69) is 5.32 Å². The Labute approximate surface area is 147 Å². The second-order valence-electron chi connectivity index (χ2n) is 5.53. The largest absolute Gasteiger partial charge is 0.449 e. The molecule has 0 fully saturated rings. The summed E-state index contributed by atoms with van der Waals surface area (Å²) in [6.07, 6.45) is -1.23. The topological polar surface area (TPSA) is 125 Å². The van der Waals surface area contributed by atoms with Crippen molar-refractivity contribution in [3.8, 4) is 0 Å². The molecule has 136 valence electrons. The van der Waals surface area contributed by atoms with Crippen LogP contribution in [0.15, 0.2) is 36.4 Å². The smallest absolute Gasteiger partial charge is 0.341 e. The first-order valence-corrected chi connectivity index (χ1v) is 7.51. The molecule has 1 amide bonds. The van der Waals surface area contributed by atoms with Gasteiger partial charge in [0.05, 0.1) is 10.5 Å². The molecule has 0 spiro atoms. The van der Waals surface area contributed by atoms with Crippen LogP contribution in [0.25, 0.3) is 0 Å². The van der Waals surface area contributed by atoms with Crippen LogP contribution in [0, 0.1) is 22.9 Å². The van der Waals surface area contributed by atoms with Crippen LogP contribution in [0.1, 0.15) is 22.8 Å². The number of nitrogens with one attached hydrogen (secondary N) is 1. The van der Waals surface area contributed by atoms with Crippen LogP contribution in [-0.2, 0) is 9.53 Å². The van der Waals surface area contributed by atoms with Crippen molar-refractivity contribution < 1.29 is 23.6 Å². The first-order valence-electron chi connectivity index (χ1n) is 7.51. The maximum absolute atomic E-state index is 13.5. The number of non-ortho nitro benzene ring substituents is 1. The lowest BCUT2D eigenvalue weighted by Crippen LogP contribution is -2.30. The van der Waals surface area contributed by atoms with Crippen molar-refractivity contribution in [1.82, 2.24) is 0 Å². The zero-order valence-corrected chi connectivity index (χ0v) is 14.0. The Morgan fingerprint density at radius 2 is 1.96 bits per heavy atom. The predicted octanol–water partition coefficient (Wildman–Crippen LogP) is 2.81. The first-order chi connectivity index (χ1) is 12.2. The Morgan fingerprint density at radius 1 is 1.27 bits per heavy atom. The third-order valence-electron chi connectivity index (χ3n) is 3.56. The van der Waals surface area contributed by atoms with Crippen LogP contribution in [0.2, 0.25) is 0 Å². The number of nitrogens with two attached hydrogens (primary N) is 1. The van der Waals surface area contributed by atoms with Gasteiger partial charge in [0.1, 0.15) is 5.82 Å². The Hall–Kier alpha value is -3.49. The molecule has 0 unspecified atom stereocenters. The molecule has 0 aromatic heterocycles. The second-order valence-corrected chi connectivity index (χ2v) is 5.53. The number of hydrogen-bond donors (Lipinski definition) is 2. The van der Waals surface area contributed by atoms with Crippen LogP contribution in [-0.4, -0.2) is 22.9 Å². The minimum absolute atomic E-state index is 0.0196. The minimum Gasteiger partial charge on any atom is -0.449 e. The number of anilines is 2. The van der Waals surface area contributed by atoms with E-state index in [-0.39, 0.29) is 22.6 Å². The van der Waals surface area contributed by atoms with Gasteiger partial charge in [-0.1, -0.05) is 6.07 Å². The lowest BCUT2D eigenvalue weighted by Gasteiger charge is -2.14. The third kappa shape index (κ3) is 4.32. The van der Waals surface area contributed by atoms with Gasteiger partial charge in [-0.3, -0.25) is 14.9 Å². The van der Waals surface area contributed by atoms with Gasteiger partial charge in [0.25, 0.3) is 11.6 Å². The molecule has 0 saturated carbocycles. The number of ether oxygens (including phenoxy) is 1. The molecule has 2 aromatic carbocycles. The SMILES string of the molecule is Cc1ccc(NC(=O)[C@H](C)OC(=O)c2cc([N+](=O)[O-])ccc2N)cc1F. The van der Waals surface area contributed by atoms with Gasteiger partial charge < -0.3 is 15.8 Å². The van der Waals surface area contributed by atoms with Gasteiger partial charge in [-0.25, -0.2) is 9.18 Å². The number of rotatable bonds is 5. The van der Waals surface area contributed by atoms with Crippen molar-refractivity contribution in [3.63, 3.8) is 0 Å². The number of hydrogen-bond acceptors (Lipinski definition) is 6. The summed E-state index contributed by atoms with van der Waals surface area (Å²) in [6.45, 7) is 2.89. The molecule has 0 heterocycles. The van der Waals surface area contributed by atoms with E-state index < -0.39 is 28.7 Å². The number of nitro benzene ring substituents is 1. The molecule has 1 atom stereocenters. The molecule has 3 N–H and O–H groups in total. The van der Waals surface area contributed by atoms with Crippen molar-refractivity contribution in [2.75, 3.05) is 11.1 Å². The first kappa shape index (κ1) is 18.8. The van der Waals surface area contributed by atoms with Crippen LogP contribution < -0.4 is 11.1 Å². The quantitative estimate of drug-likeness (QED) is 0.365. The second kappa shape index (κ2) is 7.60. The van der Waals surface area contributed by atoms with Crippen molar-refractivity contribution >= 4 is 28.9 Å². The van der Waals surface area contributed by atoms with Crippen LogP contribution in [0.5, 0.6) is 0 Å². The molecule has 8 nitrogen and oxygen atoms in total. The zero-order valence-electron chi connectivity index (χ0n) is 14.0. The summed E-state index contributed by atoms with van der Waals surface area (Å²) in [5, 5.41) is 13.2. The fourth-order valence-electron chi connectivity index (χ4n) is 2.03. The van der Waals surface area contributed by atoms with Gasteiger partial charge in [0, 0.05) is 23.5 Å². The predicted molar refractivity (Wildman–Crippen MR) is 92.2 cm³/mol. The fraction of sp³-hybridized carbons (Fsp3) is 0.176. The van der Waals surface area contributed by atoms with E-state index >= 15 is 0 Å². The van der Waals surface area contributed by atoms with Crippen molar-refractivity contribution in [1.29, 1.82) is 0 Å². The monoisotopic (exact) mass is 361 g/mol. The molecule has 0 radical (unpaired) electrons. The van der Waals surface area contributed by atoms with Gasteiger partial charge in [0.2, 0.25) is 0 Å². The van der Waals surface area contributed by atoms with Crippen LogP contribution in [0.4, 0.5) is 21.5 Å². The molecule has 0 aliphatic heterocycles. The van der Waals surface area contributed by atoms with E-state index in [4.69, 9.17) is 10.5 Å². The molecule has 2 aromatic rings. The Kier molecular flexibility index (Phi) is 5.51. The standard InChI is InChI=1S/C17H16FN3O5/c1-9-3-4-11(7-14(9)18)20-16(22)10(2)26-17(23)13-8-12(21(24)25)5-6-15(13)19/h3-8,10H,19H2,1-2H3,(H,20,22)/t10-/m0/s1. The van der Waals surface area contributed by atoms with E-state index in [9.17, 15) is 24.1 Å². The highest BCUT2D eigenvalue weighted by Gasteiger charge is 2.22. The van der Waals surface area contributed by atoms with E-state index in [1.807, 2.05) is 0 Å². The van der Waals surface area contributed by atoms with E-state index in [0.717, 1.165) is 18.2 Å². The molecule has 0 aliphatic carbocycles. The Morgan fingerprint density at radius 3 is 2.58 bits per heavy atom. The maximum Gasteiger partial charge on any atom is 0.341 e. The van der Waals surface area contributed by atoms with E-state index in [1.165, 1.54) is 25.1 Å². The summed E-state index contributed by atoms with van der Waals surface area (Å²) in [7, 11) is 0. The minimum atomic E-state index is -1.23. The highest BCUT2D eigenvalue weighted by Crippen LogP contribution is 2.21. The summed E-state index contributed by atoms with van der Waals surface area (Å²) < 4.78 is 18.5. The lowest BCUT2D eigenvalue weighted by atomic mass is 10.1.